The van der Waals surface area contributed by atoms with Gasteiger partial charge in [-0.25, -0.2) is 0 Å². The van der Waals surface area contributed by atoms with Gasteiger partial charge in [0.15, 0.2) is 0 Å². The van der Waals surface area contributed by atoms with Gasteiger partial charge >= 0.3 is 0 Å². The predicted octanol–water partition coefficient (Wildman–Crippen LogP) is 0.295. The van der Waals surface area contributed by atoms with Crippen LogP contribution >= 0.6 is 0 Å². The van der Waals surface area contributed by atoms with Crippen LogP contribution in [0.2, 0.25) is 0 Å². The van der Waals surface area contributed by atoms with Crippen molar-refractivity contribution in [2.45, 2.75) is 12.5 Å². The summed E-state index contributed by atoms with van der Waals surface area (Å²) in [7, 11) is 0. The number of nitrogens with one attached hydrogen (secondary N) is 1. The van der Waals surface area contributed by atoms with Gasteiger partial charge in [0.05, 0.1) is 6.04 Å². The first-order valence-corrected chi connectivity index (χ1v) is 5.94. The molecular formula is C12H14N6O. The third kappa shape index (κ3) is 2.27. The molecule has 2 aromatic rings. The minimum Gasteiger partial charge on any atom is -0.401 e. The summed E-state index contributed by atoms with van der Waals surface area (Å²) in [5, 5.41) is 7.17. The summed E-state index contributed by atoms with van der Waals surface area (Å²) in [6.45, 7) is 0.531. The molecule has 0 radical (unpaired) electrons. The third-order valence-corrected chi connectivity index (χ3v) is 3.05. The molecule has 98 valence electrons. The molecule has 2 aromatic heterocycles. The number of aromatic nitrogens is 3. The lowest BCUT2D eigenvalue weighted by Gasteiger charge is -2.21. The molecule has 7 nitrogen and oxygen atoms in total. The number of nitrogens with zero attached hydrogens (tertiary/aromatic N) is 3. The van der Waals surface area contributed by atoms with E-state index in [4.69, 9.17) is 16.0 Å². The number of nitrogens with two attached hydrogens (primary N) is 2. The van der Waals surface area contributed by atoms with Gasteiger partial charge < -0.3 is 16.0 Å². The van der Waals surface area contributed by atoms with E-state index in [2.05, 4.69) is 20.4 Å². The first-order chi connectivity index (χ1) is 9.24. The summed E-state index contributed by atoms with van der Waals surface area (Å²) in [4.78, 5) is 8.33. The van der Waals surface area contributed by atoms with Crippen molar-refractivity contribution in [2.24, 2.45) is 11.5 Å². The topological polar surface area (TPSA) is 116 Å². The van der Waals surface area contributed by atoms with Crippen LogP contribution in [0.1, 0.15) is 18.4 Å². The molecule has 19 heavy (non-hydrogen) atoms. The Labute approximate surface area is 109 Å². The molecule has 0 aliphatic carbocycles. The molecule has 0 unspecified atom stereocenters. The summed E-state index contributed by atoms with van der Waals surface area (Å²) in [6, 6.07) is 3.57. The fourth-order valence-electron chi connectivity index (χ4n) is 1.94. The summed E-state index contributed by atoms with van der Waals surface area (Å²) < 4.78 is 5.28. The van der Waals surface area contributed by atoms with Gasteiger partial charge in [-0.2, -0.15) is 4.98 Å². The van der Waals surface area contributed by atoms with Crippen LogP contribution in [0, 0.1) is 0 Å². The normalized spacial score (nSPS) is 19.7. The van der Waals surface area contributed by atoms with E-state index in [1.807, 2.05) is 12.1 Å². The van der Waals surface area contributed by atoms with Gasteiger partial charge in [0.2, 0.25) is 11.7 Å². The maximum Gasteiger partial charge on any atom is 0.244 e. The standard InChI is InChI=1S/C12H14N6O/c13-8-5-10(16-6-9(8)14)12-17-11(18-19-12)7-1-3-15-4-2-7/h1-4,10,16H,5-6,13-14H2/t10-/m0/s1. The third-order valence-electron chi connectivity index (χ3n) is 3.05. The Balaban J connectivity index is 1.83. The lowest BCUT2D eigenvalue weighted by molar-refractivity contribution is 0.326. The second-order valence-electron chi connectivity index (χ2n) is 4.38. The van der Waals surface area contributed by atoms with E-state index in [-0.39, 0.29) is 6.04 Å². The Morgan fingerprint density at radius 3 is 2.74 bits per heavy atom. The van der Waals surface area contributed by atoms with Crippen LogP contribution in [0.15, 0.2) is 40.4 Å². The van der Waals surface area contributed by atoms with E-state index in [1.165, 1.54) is 0 Å². The maximum absolute atomic E-state index is 5.84. The lowest BCUT2D eigenvalue weighted by atomic mass is 10.1. The molecule has 0 fully saturated rings. The Hall–Kier alpha value is -2.41. The Kier molecular flexibility index (Phi) is 2.88. The second-order valence-corrected chi connectivity index (χ2v) is 4.38. The van der Waals surface area contributed by atoms with Crippen molar-refractivity contribution in [3.63, 3.8) is 0 Å². The van der Waals surface area contributed by atoms with Crippen LogP contribution in [0.3, 0.4) is 0 Å². The summed E-state index contributed by atoms with van der Waals surface area (Å²) in [5.74, 6) is 1.06. The molecule has 7 heteroatoms. The molecule has 5 N–H and O–H groups in total. The average molecular weight is 258 g/mol. The maximum atomic E-state index is 5.84. The van der Waals surface area contributed by atoms with Crippen molar-refractivity contribution in [1.29, 1.82) is 0 Å². The van der Waals surface area contributed by atoms with E-state index in [9.17, 15) is 0 Å². The van der Waals surface area contributed by atoms with E-state index < -0.39 is 0 Å². The zero-order valence-electron chi connectivity index (χ0n) is 10.2. The largest absolute Gasteiger partial charge is 0.401 e. The zero-order chi connectivity index (χ0) is 13.2. The van der Waals surface area contributed by atoms with Crippen LogP contribution in [0.25, 0.3) is 11.4 Å². The molecule has 0 saturated carbocycles. The Morgan fingerprint density at radius 2 is 2.00 bits per heavy atom. The number of hydrogen-bond donors (Lipinski definition) is 3. The van der Waals surface area contributed by atoms with Crippen LogP contribution in [0.4, 0.5) is 0 Å². The minimum absolute atomic E-state index is 0.0876. The molecule has 0 spiro atoms. The molecule has 3 rings (SSSR count). The highest BCUT2D eigenvalue weighted by molar-refractivity contribution is 5.52. The number of pyridine rings is 1. The van der Waals surface area contributed by atoms with Gasteiger partial charge in [0.1, 0.15) is 0 Å². The fourth-order valence-corrected chi connectivity index (χ4v) is 1.94. The lowest BCUT2D eigenvalue weighted by Crippen LogP contribution is -2.34. The van der Waals surface area contributed by atoms with Crippen molar-refractivity contribution in [1.82, 2.24) is 20.4 Å². The molecule has 0 bridgehead atoms. The molecule has 0 aromatic carbocycles. The summed E-state index contributed by atoms with van der Waals surface area (Å²) in [5.41, 5.74) is 13.8. The number of rotatable bonds is 2. The SMILES string of the molecule is NC1=C(N)C[C@@H](c2nc(-c3ccncc3)no2)NC1. The first kappa shape index (κ1) is 11.7. The van der Waals surface area contributed by atoms with Gasteiger partial charge in [-0.05, 0) is 12.1 Å². The molecule has 1 aliphatic heterocycles. The summed E-state index contributed by atoms with van der Waals surface area (Å²) in [6.07, 6.45) is 3.95. The average Bonchev–Trinajstić information content (AvgIpc) is 2.93. The molecule has 0 saturated heterocycles. The van der Waals surface area contributed by atoms with Gasteiger partial charge in [0, 0.05) is 42.3 Å². The van der Waals surface area contributed by atoms with Gasteiger partial charge in [-0.15, -0.1) is 0 Å². The second kappa shape index (κ2) is 4.69. The van der Waals surface area contributed by atoms with Crippen molar-refractivity contribution in [3.05, 3.63) is 41.8 Å². The Bertz CT molecular complexity index is 606. The van der Waals surface area contributed by atoms with E-state index in [0.29, 0.717) is 36.1 Å². The van der Waals surface area contributed by atoms with E-state index >= 15 is 0 Å². The predicted molar refractivity (Wildman–Crippen MR) is 68.3 cm³/mol. The van der Waals surface area contributed by atoms with Crippen LogP contribution in [-0.4, -0.2) is 21.7 Å². The van der Waals surface area contributed by atoms with Crippen LogP contribution < -0.4 is 16.8 Å². The quantitative estimate of drug-likeness (QED) is 0.709. The first-order valence-electron chi connectivity index (χ1n) is 5.94. The molecular weight excluding hydrogens is 244 g/mol. The molecule has 3 heterocycles. The van der Waals surface area contributed by atoms with E-state index in [0.717, 1.165) is 5.56 Å². The van der Waals surface area contributed by atoms with Gasteiger partial charge in [0.25, 0.3) is 0 Å². The fraction of sp³-hybridized carbons (Fsp3) is 0.250. The van der Waals surface area contributed by atoms with Crippen LogP contribution in [-0.2, 0) is 0 Å². The van der Waals surface area contributed by atoms with Gasteiger partial charge in [-0.3, -0.25) is 10.3 Å². The van der Waals surface area contributed by atoms with Gasteiger partial charge in [-0.1, -0.05) is 5.16 Å². The molecule has 1 aliphatic rings. The van der Waals surface area contributed by atoms with Crippen molar-refractivity contribution < 1.29 is 4.52 Å². The van der Waals surface area contributed by atoms with Crippen molar-refractivity contribution in [2.75, 3.05) is 6.54 Å². The monoisotopic (exact) mass is 258 g/mol. The molecule has 0 amide bonds. The zero-order valence-corrected chi connectivity index (χ0v) is 10.2. The highest BCUT2D eigenvalue weighted by Gasteiger charge is 2.24. The summed E-state index contributed by atoms with van der Waals surface area (Å²) >= 11 is 0. The highest BCUT2D eigenvalue weighted by atomic mass is 16.5. The van der Waals surface area contributed by atoms with Crippen molar-refractivity contribution in [3.8, 4) is 11.4 Å². The minimum atomic E-state index is -0.0876. The molecule has 1 atom stereocenters. The smallest absolute Gasteiger partial charge is 0.244 e. The van der Waals surface area contributed by atoms with Crippen molar-refractivity contribution >= 4 is 0 Å². The van der Waals surface area contributed by atoms with E-state index in [1.54, 1.807) is 12.4 Å². The van der Waals surface area contributed by atoms with Crippen LogP contribution in [0.5, 0.6) is 0 Å². The highest BCUT2D eigenvalue weighted by Crippen LogP contribution is 2.24. The number of hydrogen-bond acceptors (Lipinski definition) is 7. The Morgan fingerprint density at radius 1 is 1.21 bits per heavy atom.